The Bertz CT molecular complexity index is 1790. The highest BCUT2D eigenvalue weighted by atomic mass is 19.4. The van der Waals surface area contributed by atoms with Crippen LogP contribution in [0.15, 0.2) is 66.9 Å². The zero-order chi connectivity index (χ0) is 34.1. The number of anilines is 2. The number of hydrogen-bond acceptors (Lipinski definition) is 10. The zero-order valence-electron chi connectivity index (χ0n) is 23.2. The lowest BCUT2D eigenvalue weighted by Gasteiger charge is -2.07. The van der Waals surface area contributed by atoms with E-state index in [4.69, 9.17) is 40.7 Å². The standard InChI is InChI=1S/C23H21N7O2.2C2HF3O2/c24-22-7-3-15-1-5-18(11-20(15)26-22)31-10-9-30-13-17(28-29-30)14-32-19-6-2-16-4-8-23(25)27-21(16)12-19;2*3-2(4,5)1(6)7/h1-8,11-13H,9-10,14H2,(H2,24,26)(H2,25,27);2*(H,6,7). The van der Waals surface area contributed by atoms with Crippen molar-refractivity contribution in [2.75, 3.05) is 18.1 Å². The normalized spacial score (nSPS) is 11.2. The number of nitrogen functional groups attached to an aromatic ring is 2. The van der Waals surface area contributed by atoms with Gasteiger partial charge < -0.3 is 31.2 Å². The van der Waals surface area contributed by atoms with Crippen LogP contribution in [0.4, 0.5) is 38.0 Å². The Balaban J connectivity index is 0.000000345. The van der Waals surface area contributed by atoms with Gasteiger partial charge in [0.05, 0.1) is 23.8 Å². The van der Waals surface area contributed by atoms with Crippen molar-refractivity contribution in [2.45, 2.75) is 25.5 Å². The van der Waals surface area contributed by atoms with E-state index in [0.29, 0.717) is 37.1 Å². The van der Waals surface area contributed by atoms with Gasteiger partial charge in [0.25, 0.3) is 0 Å². The van der Waals surface area contributed by atoms with Crippen molar-refractivity contribution in [3.63, 3.8) is 0 Å². The van der Waals surface area contributed by atoms with Gasteiger partial charge in [0.15, 0.2) is 0 Å². The number of nitrogens with zero attached hydrogens (tertiary/aromatic N) is 5. The van der Waals surface area contributed by atoms with Crippen LogP contribution in [0.25, 0.3) is 21.8 Å². The second kappa shape index (κ2) is 14.7. The Hall–Kier alpha value is -5.88. The van der Waals surface area contributed by atoms with E-state index in [-0.39, 0.29) is 0 Å². The number of pyridine rings is 2. The van der Waals surface area contributed by atoms with Crippen LogP contribution in [0.3, 0.4) is 0 Å². The molecule has 0 aliphatic carbocycles. The summed E-state index contributed by atoms with van der Waals surface area (Å²) in [6, 6.07) is 18.9. The number of halogens is 6. The summed E-state index contributed by atoms with van der Waals surface area (Å²) in [6.45, 7) is 1.29. The molecular formula is C27H23F6N7O6. The lowest BCUT2D eigenvalue weighted by Crippen LogP contribution is -2.21. The SMILES string of the molecule is Nc1ccc2ccc(OCCn3cc(COc4ccc5ccc(N)nc5c4)nn3)cc2n1.O=C(O)C(F)(F)F.O=C(O)C(F)(F)F. The maximum Gasteiger partial charge on any atom is 0.490 e. The van der Waals surface area contributed by atoms with E-state index >= 15 is 0 Å². The Kier molecular flexibility index (Phi) is 11.1. The Labute approximate surface area is 254 Å². The molecule has 19 heteroatoms. The minimum atomic E-state index is -5.08. The molecule has 0 aliphatic heterocycles. The molecule has 0 saturated heterocycles. The smallest absolute Gasteiger partial charge is 0.490 e. The summed E-state index contributed by atoms with van der Waals surface area (Å²) in [6.07, 6.45) is -8.33. The van der Waals surface area contributed by atoms with Crippen molar-refractivity contribution in [3.05, 3.63) is 72.6 Å². The van der Waals surface area contributed by atoms with E-state index in [0.717, 1.165) is 33.2 Å². The van der Waals surface area contributed by atoms with Gasteiger partial charge in [-0.15, -0.1) is 5.10 Å². The summed E-state index contributed by atoms with van der Waals surface area (Å²) in [5, 5.41) is 24.6. The molecule has 13 nitrogen and oxygen atoms in total. The first kappa shape index (κ1) is 34.6. The summed E-state index contributed by atoms with van der Waals surface area (Å²) >= 11 is 0. The molecular weight excluding hydrogens is 632 g/mol. The first-order chi connectivity index (χ1) is 21.5. The van der Waals surface area contributed by atoms with Crippen molar-refractivity contribution in [1.82, 2.24) is 25.0 Å². The number of alkyl halides is 6. The van der Waals surface area contributed by atoms with Crippen molar-refractivity contribution in [1.29, 1.82) is 0 Å². The number of benzene rings is 2. The Morgan fingerprint density at radius 1 is 0.739 bits per heavy atom. The molecule has 5 rings (SSSR count). The summed E-state index contributed by atoms with van der Waals surface area (Å²) in [7, 11) is 0. The van der Waals surface area contributed by atoms with Crippen molar-refractivity contribution in [3.8, 4) is 11.5 Å². The first-order valence-corrected chi connectivity index (χ1v) is 12.6. The van der Waals surface area contributed by atoms with Crippen LogP contribution in [0.1, 0.15) is 5.69 Å². The molecule has 0 bridgehead atoms. The number of aliphatic carboxylic acids is 2. The quantitative estimate of drug-likeness (QED) is 0.180. The van der Waals surface area contributed by atoms with Crippen molar-refractivity contribution >= 4 is 45.4 Å². The molecule has 0 radical (unpaired) electrons. The van der Waals surface area contributed by atoms with Crippen molar-refractivity contribution in [2.24, 2.45) is 0 Å². The number of carbonyl (C=O) groups is 2. The van der Waals surface area contributed by atoms with Gasteiger partial charge in [0.2, 0.25) is 0 Å². The predicted molar refractivity (Wildman–Crippen MR) is 150 cm³/mol. The van der Waals surface area contributed by atoms with Gasteiger partial charge in [0, 0.05) is 22.9 Å². The molecule has 0 fully saturated rings. The van der Waals surface area contributed by atoms with Crippen LogP contribution in [-0.2, 0) is 22.7 Å². The number of rotatable bonds is 7. The fourth-order valence-electron chi connectivity index (χ4n) is 3.33. The van der Waals surface area contributed by atoms with Gasteiger partial charge in [-0.05, 0) is 48.5 Å². The Morgan fingerprint density at radius 3 is 1.63 bits per heavy atom. The van der Waals surface area contributed by atoms with E-state index in [9.17, 15) is 26.3 Å². The van der Waals surface area contributed by atoms with E-state index in [2.05, 4.69) is 20.3 Å². The number of ether oxygens (including phenoxy) is 2. The summed E-state index contributed by atoms with van der Waals surface area (Å²) < 4.78 is 76.9. The molecule has 46 heavy (non-hydrogen) atoms. The number of carboxylic acids is 2. The van der Waals surface area contributed by atoms with Gasteiger partial charge in [-0.25, -0.2) is 24.2 Å². The van der Waals surface area contributed by atoms with E-state index in [1.54, 1.807) is 16.8 Å². The van der Waals surface area contributed by atoms with Gasteiger partial charge >= 0.3 is 24.3 Å². The molecule has 6 N–H and O–H groups in total. The fraction of sp³-hybridized carbons (Fsp3) is 0.185. The first-order valence-electron chi connectivity index (χ1n) is 12.6. The minimum Gasteiger partial charge on any atom is -0.492 e. The average molecular weight is 656 g/mol. The van der Waals surface area contributed by atoms with E-state index in [1.807, 2.05) is 54.7 Å². The van der Waals surface area contributed by atoms with Gasteiger partial charge in [-0.2, -0.15) is 26.3 Å². The summed E-state index contributed by atoms with van der Waals surface area (Å²) in [5.41, 5.74) is 13.8. The molecule has 244 valence electrons. The van der Waals surface area contributed by atoms with Crippen LogP contribution < -0.4 is 20.9 Å². The molecule has 0 spiro atoms. The van der Waals surface area contributed by atoms with Crippen LogP contribution >= 0.6 is 0 Å². The summed E-state index contributed by atoms with van der Waals surface area (Å²) in [5.74, 6) is -3.14. The minimum absolute atomic E-state index is 0.298. The summed E-state index contributed by atoms with van der Waals surface area (Å²) in [4.78, 5) is 26.4. The topological polar surface area (TPSA) is 202 Å². The maximum absolute atomic E-state index is 10.6. The third kappa shape index (κ3) is 10.7. The number of nitrogens with two attached hydrogens (primary N) is 2. The number of aromatic nitrogens is 5. The van der Waals surface area contributed by atoms with Crippen LogP contribution in [0, 0.1) is 0 Å². The van der Waals surface area contributed by atoms with Crippen LogP contribution in [0.5, 0.6) is 11.5 Å². The zero-order valence-corrected chi connectivity index (χ0v) is 23.2. The number of carboxylic acid groups (broad SMARTS) is 2. The van der Waals surface area contributed by atoms with Crippen LogP contribution in [0.2, 0.25) is 0 Å². The highest BCUT2D eigenvalue weighted by Gasteiger charge is 2.38. The molecule has 0 atom stereocenters. The fourth-order valence-corrected chi connectivity index (χ4v) is 3.33. The van der Waals surface area contributed by atoms with E-state index < -0.39 is 24.3 Å². The molecule has 2 aromatic carbocycles. The monoisotopic (exact) mass is 655 g/mol. The Morgan fingerprint density at radius 2 is 1.17 bits per heavy atom. The predicted octanol–water partition coefficient (Wildman–Crippen LogP) is 4.46. The molecule has 0 unspecified atom stereocenters. The molecule has 3 aromatic heterocycles. The highest BCUT2D eigenvalue weighted by molar-refractivity contribution is 5.82. The molecule has 0 aliphatic rings. The van der Waals surface area contributed by atoms with Crippen LogP contribution in [-0.4, -0.2) is 66.1 Å². The molecule has 0 amide bonds. The largest absolute Gasteiger partial charge is 0.492 e. The lowest BCUT2D eigenvalue weighted by atomic mass is 10.2. The number of fused-ring (bicyclic) bond motifs is 2. The van der Waals surface area contributed by atoms with Gasteiger partial charge in [0.1, 0.15) is 42.0 Å². The molecule has 0 saturated carbocycles. The lowest BCUT2D eigenvalue weighted by molar-refractivity contribution is -0.193. The molecule has 5 aromatic rings. The van der Waals surface area contributed by atoms with E-state index in [1.165, 1.54) is 0 Å². The maximum atomic E-state index is 10.6. The second-order valence-electron chi connectivity index (χ2n) is 8.90. The number of hydrogen-bond donors (Lipinski definition) is 4. The average Bonchev–Trinajstić information content (AvgIpc) is 3.43. The highest BCUT2D eigenvalue weighted by Crippen LogP contribution is 2.22. The van der Waals surface area contributed by atoms with Gasteiger partial charge in [-0.1, -0.05) is 5.21 Å². The van der Waals surface area contributed by atoms with Gasteiger partial charge in [-0.3, -0.25) is 0 Å². The third-order valence-corrected chi connectivity index (χ3v) is 5.42. The van der Waals surface area contributed by atoms with Crippen molar-refractivity contribution < 1.29 is 55.6 Å². The third-order valence-electron chi connectivity index (χ3n) is 5.42. The second-order valence-corrected chi connectivity index (χ2v) is 8.90. The molecule has 3 heterocycles.